The highest BCUT2D eigenvalue weighted by atomic mass is 16.2. The highest BCUT2D eigenvalue weighted by Crippen LogP contribution is 2.55. The van der Waals surface area contributed by atoms with Gasteiger partial charge in [0.05, 0.1) is 0 Å². The summed E-state index contributed by atoms with van der Waals surface area (Å²) in [5.41, 5.74) is -0.0164. The van der Waals surface area contributed by atoms with Crippen LogP contribution in [-0.4, -0.2) is 17.2 Å². The van der Waals surface area contributed by atoms with Crippen LogP contribution in [0.2, 0.25) is 0 Å². The fraction of sp³-hybridized carbons (Fsp3) is 0.846. The van der Waals surface area contributed by atoms with E-state index in [1.54, 1.807) is 0 Å². The smallest absolute Gasteiger partial charge is 0.287 e. The van der Waals surface area contributed by atoms with Crippen LogP contribution in [0.5, 0.6) is 0 Å². The van der Waals surface area contributed by atoms with Crippen LogP contribution in [0.25, 0.3) is 0 Å². The van der Waals surface area contributed by atoms with Gasteiger partial charge in [0, 0.05) is 12.5 Å². The second-order valence-electron chi connectivity index (χ2n) is 6.21. The summed E-state index contributed by atoms with van der Waals surface area (Å²) < 4.78 is 0. The molecular weight excluding hydrogens is 202 g/mol. The molecule has 4 aliphatic rings. The Hall–Kier alpha value is -0.860. The summed E-state index contributed by atoms with van der Waals surface area (Å²) in [6, 6.07) is 0. The Bertz CT molecular complexity index is 313. The fourth-order valence-corrected chi connectivity index (χ4v) is 4.59. The number of hydrogen-bond acceptors (Lipinski definition) is 2. The first-order valence-corrected chi connectivity index (χ1v) is 6.39. The minimum atomic E-state index is -0.373. The molecule has 3 heteroatoms. The van der Waals surface area contributed by atoms with Crippen LogP contribution < -0.4 is 5.32 Å². The second-order valence-corrected chi connectivity index (χ2v) is 6.21. The van der Waals surface area contributed by atoms with Crippen molar-refractivity contribution in [1.82, 2.24) is 5.32 Å². The van der Waals surface area contributed by atoms with Crippen LogP contribution in [0.1, 0.15) is 45.4 Å². The first-order chi connectivity index (χ1) is 7.56. The number of amides is 1. The minimum Gasteiger partial charge on any atom is -0.344 e. The Kier molecular flexibility index (Phi) is 2.13. The number of rotatable bonds is 2. The van der Waals surface area contributed by atoms with Gasteiger partial charge in [-0.3, -0.25) is 9.59 Å². The first-order valence-electron chi connectivity index (χ1n) is 6.39. The van der Waals surface area contributed by atoms with Gasteiger partial charge in [0.2, 0.25) is 5.78 Å². The highest BCUT2D eigenvalue weighted by molar-refractivity contribution is 6.35. The van der Waals surface area contributed by atoms with Crippen molar-refractivity contribution in [2.75, 3.05) is 0 Å². The number of hydrogen-bond donors (Lipinski definition) is 1. The lowest BCUT2D eigenvalue weighted by molar-refractivity contribution is -0.140. The summed E-state index contributed by atoms with van der Waals surface area (Å²) in [5, 5.41) is 3.04. The Balaban J connectivity index is 1.78. The van der Waals surface area contributed by atoms with Gasteiger partial charge < -0.3 is 5.32 Å². The lowest BCUT2D eigenvalue weighted by Crippen LogP contribution is -2.60. The molecule has 0 saturated heterocycles. The molecule has 4 bridgehead atoms. The van der Waals surface area contributed by atoms with Gasteiger partial charge in [0.1, 0.15) is 0 Å². The predicted octanol–water partition coefficient (Wildman–Crippen LogP) is 1.66. The zero-order chi connectivity index (χ0) is 11.3. The number of Topliss-reactive ketones (excluding diaryl/α,β-unsaturated/α-hetero) is 1. The third-order valence-electron chi connectivity index (χ3n) is 4.74. The van der Waals surface area contributed by atoms with Crippen LogP contribution >= 0.6 is 0 Å². The normalized spacial score (nSPS) is 44.4. The van der Waals surface area contributed by atoms with Crippen molar-refractivity contribution < 1.29 is 9.59 Å². The highest BCUT2D eigenvalue weighted by Gasteiger charge is 2.51. The number of carbonyl (C=O) groups is 2. The SMILES string of the molecule is CC(=O)C(=O)NC12CC3CC(CC(C3)C1)C2. The predicted molar refractivity (Wildman–Crippen MR) is 59.7 cm³/mol. The third kappa shape index (κ3) is 1.57. The van der Waals surface area contributed by atoms with E-state index in [1.807, 2.05) is 0 Å². The summed E-state index contributed by atoms with van der Waals surface area (Å²) >= 11 is 0. The summed E-state index contributed by atoms with van der Waals surface area (Å²) in [6.07, 6.45) is 7.40. The number of ketones is 1. The van der Waals surface area contributed by atoms with E-state index in [-0.39, 0.29) is 17.2 Å². The molecule has 0 unspecified atom stereocenters. The van der Waals surface area contributed by atoms with Crippen molar-refractivity contribution >= 4 is 11.7 Å². The molecule has 4 aliphatic carbocycles. The molecule has 0 aromatic heterocycles. The molecule has 0 aromatic rings. The van der Waals surface area contributed by atoms with E-state index < -0.39 is 0 Å². The third-order valence-corrected chi connectivity index (χ3v) is 4.74. The molecule has 16 heavy (non-hydrogen) atoms. The molecule has 0 atom stereocenters. The van der Waals surface area contributed by atoms with Crippen molar-refractivity contribution in [3.8, 4) is 0 Å². The lowest BCUT2D eigenvalue weighted by Gasteiger charge is -2.56. The van der Waals surface area contributed by atoms with Crippen molar-refractivity contribution in [1.29, 1.82) is 0 Å². The Morgan fingerprint density at radius 3 is 1.81 bits per heavy atom. The maximum absolute atomic E-state index is 11.6. The van der Waals surface area contributed by atoms with Crippen LogP contribution in [0.4, 0.5) is 0 Å². The van der Waals surface area contributed by atoms with Crippen LogP contribution in [0.3, 0.4) is 0 Å². The summed E-state index contributed by atoms with van der Waals surface area (Å²) in [7, 11) is 0. The van der Waals surface area contributed by atoms with E-state index in [0.29, 0.717) is 0 Å². The Morgan fingerprint density at radius 2 is 1.44 bits per heavy atom. The molecular formula is C13H19NO2. The first kappa shape index (κ1) is 10.3. The molecule has 0 spiro atoms. The topological polar surface area (TPSA) is 46.2 Å². The van der Waals surface area contributed by atoms with E-state index in [9.17, 15) is 9.59 Å². The molecule has 4 fully saturated rings. The van der Waals surface area contributed by atoms with Gasteiger partial charge in [-0.1, -0.05) is 0 Å². The van der Waals surface area contributed by atoms with Crippen LogP contribution in [-0.2, 0) is 9.59 Å². The second kappa shape index (κ2) is 3.31. The Morgan fingerprint density at radius 1 is 1.00 bits per heavy atom. The summed E-state index contributed by atoms with van der Waals surface area (Å²) in [6.45, 7) is 1.36. The molecule has 4 rings (SSSR count). The van der Waals surface area contributed by atoms with Gasteiger partial charge >= 0.3 is 0 Å². The zero-order valence-corrected chi connectivity index (χ0v) is 9.79. The molecule has 3 nitrogen and oxygen atoms in total. The molecule has 1 N–H and O–H groups in total. The van der Waals surface area contributed by atoms with Gasteiger partial charge in [-0.05, 0) is 56.3 Å². The minimum absolute atomic E-state index is 0.0164. The Labute approximate surface area is 96.0 Å². The van der Waals surface area contributed by atoms with Gasteiger partial charge in [0.25, 0.3) is 5.91 Å². The monoisotopic (exact) mass is 221 g/mol. The van der Waals surface area contributed by atoms with E-state index in [2.05, 4.69) is 5.32 Å². The molecule has 0 radical (unpaired) electrons. The van der Waals surface area contributed by atoms with Gasteiger partial charge in [-0.25, -0.2) is 0 Å². The molecule has 1 amide bonds. The van der Waals surface area contributed by atoms with Crippen molar-refractivity contribution in [3.05, 3.63) is 0 Å². The molecule has 0 aliphatic heterocycles. The number of carbonyl (C=O) groups excluding carboxylic acids is 2. The van der Waals surface area contributed by atoms with Gasteiger partial charge in [-0.15, -0.1) is 0 Å². The molecule has 0 heterocycles. The quantitative estimate of drug-likeness (QED) is 0.721. The van der Waals surface area contributed by atoms with Crippen molar-refractivity contribution in [3.63, 3.8) is 0 Å². The van der Waals surface area contributed by atoms with Gasteiger partial charge in [-0.2, -0.15) is 0 Å². The van der Waals surface area contributed by atoms with Crippen LogP contribution in [0.15, 0.2) is 0 Å². The molecule has 88 valence electrons. The average molecular weight is 221 g/mol. The largest absolute Gasteiger partial charge is 0.344 e. The van der Waals surface area contributed by atoms with Gasteiger partial charge in [0.15, 0.2) is 0 Å². The van der Waals surface area contributed by atoms with E-state index in [0.717, 1.165) is 37.0 Å². The standard InChI is InChI=1S/C13H19NO2/c1-8(15)12(16)14-13-5-9-2-10(6-13)4-11(3-9)7-13/h9-11H,2-7H2,1H3,(H,14,16). The molecule has 0 aromatic carbocycles. The fourth-order valence-electron chi connectivity index (χ4n) is 4.59. The zero-order valence-electron chi connectivity index (χ0n) is 9.79. The average Bonchev–Trinajstić information content (AvgIpc) is 2.13. The summed E-state index contributed by atoms with van der Waals surface area (Å²) in [5.74, 6) is 1.69. The van der Waals surface area contributed by atoms with Crippen molar-refractivity contribution in [2.24, 2.45) is 17.8 Å². The van der Waals surface area contributed by atoms with Crippen molar-refractivity contribution in [2.45, 2.75) is 51.0 Å². The maximum atomic E-state index is 11.6. The van der Waals surface area contributed by atoms with E-state index >= 15 is 0 Å². The summed E-state index contributed by atoms with van der Waals surface area (Å²) in [4.78, 5) is 22.6. The molecule has 4 saturated carbocycles. The van der Waals surface area contributed by atoms with Crippen LogP contribution in [0, 0.1) is 17.8 Å². The lowest BCUT2D eigenvalue weighted by atomic mass is 9.53. The van der Waals surface area contributed by atoms with E-state index in [1.165, 1.54) is 26.2 Å². The van der Waals surface area contributed by atoms with E-state index in [4.69, 9.17) is 0 Å². The number of nitrogens with one attached hydrogen (secondary N) is 1. The maximum Gasteiger partial charge on any atom is 0.287 e.